The molecule has 0 aliphatic carbocycles. The fraction of sp³-hybridized carbons (Fsp3) is 0.308. The van der Waals surface area contributed by atoms with E-state index >= 15 is 0 Å². The van der Waals surface area contributed by atoms with Gasteiger partial charge in [-0.05, 0) is 24.1 Å². The van der Waals surface area contributed by atoms with Gasteiger partial charge in [-0.3, -0.25) is 0 Å². The average molecular weight is 267 g/mol. The van der Waals surface area contributed by atoms with Crippen molar-refractivity contribution in [2.75, 3.05) is 5.73 Å². The number of anilines is 1. The van der Waals surface area contributed by atoms with Crippen LogP contribution in [0, 0.1) is 5.92 Å². The Balaban J connectivity index is 2.76. The monoisotopic (exact) mass is 266 g/mol. The molecule has 0 saturated carbocycles. The van der Waals surface area contributed by atoms with Crippen LogP contribution >= 0.6 is 11.6 Å². The van der Waals surface area contributed by atoms with Gasteiger partial charge in [0.1, 0.15) is 5.69 Å². The molecule has 0 aliphatic rings. The van der Waals surface area contributed by atoms with Crippen LogP contribution in [-0.4, -0.2) is 15.6 Å². The molecule has 3 N–H and O–H groups in total. The molecule has 0 saturated heterocycles. The maximum atomic E-state index is 11.3. The number of hydrogen-bond acceptors (Lipinski definition) is 2. The standard InChI is InChI=1S/C13H15ClN2O2/c1-7(2)6-16-11(13(17)18)4-8-3-9(15)5-10(14)12(8)16/h3-5,7H,6,15H2,1-2H3,(H,17,18). The molecular weight excluding hydrogens is 252 g/mol. The molecule has 0 amide bonds. The minimum atomic E-state index is -0.957. The van der Waals surface area contributed by atoms with Gasteiger partial charge < -0.3 is 15.4 Å². The second-order valence-corrected chi connectivity index (χ2v) is 5.19. The lowest BCUT2D eigenvalue weighted by molar-refractivity contribution is 0.0685. The summed E-state index contributed by atoms with van der Waals surface area (Å²) in [5.74, 6) is -0.631. The van der Waals surface area contributed by atoms with Crippen molar-refractivity contribution in [1.82, 2.24) is 4.57 Å². The Kier molecular flexibility index (Phi) is 3.22. The van der Waals surface area contributed by atoms with Crippen molar-refractivity contribution in [3.8, 4) is 0 Å². The molecule has 18 heavy (non-hydrogen) atoms. The Hall–Kier alpha value is -1.68. The number of nitrogens with zero attached hydrogens (tertiary/aromatic N) is 1. The Morgan fingerprint density at radius 2 is 2.11 bits per heavy atom. The van der Waals surface area contributed by atoms with Gasteiger partial charge in [-0.2, -0.15) is 0 Å². The van der Waals surface area contributed by atoms with Crippen LogP contribution in [0.4, 0.5) is 5.69 Å². The van der Waals surface area contributed by atoms with Crippen molar-refractivity contribution in [1.29, 1.82) is 0 Å². The summed E-state index contributed by atoms with van der Waals surface area (Å²) < 4.78 is 1.74. The van der Waals surface area contributed by atoms with E-state index in [1.54, 1.807) is 22.8 Å². The third kappa shape index (κ3) is 2.16. The molecule has 0 atom stereocenters. The third-order valence-corrected chi connectivity index (χ3v) is 3.02. The first-order valence-corrected chi connectivity index (χ1v) is 6.09. The summed E-state index contributed by atoms with van der Waals surface area (Å²) in [7, 11) is 0. The minimum absolute atomic E-state index is 0.242. The number of aromatic nitrogens is 1. The van der Waals surface area contributed by atoms with E-state index in [0.717, 1.165) is 10.9 Å². The molecule has 1 aromatic heterocycles. The molecule has 96 valence electrons. The van der Waals surface area contributed by atoms with Gasteiger partial charge in [0.15, 0.2) is 0 Å². The van der Waals surface area contributed by atoms with Crippen molar-refractivity contribution >= 4 is 34.2 Å². The van der Waals surface area contributed by atoms with Gasteiger partial charge in [-0.25, -0.2) is 4.79 Å². The summed E-state index contributed by atoms with van der Waals surface area (Å²) in [5, 5.41) is 10.5. The number of halogens is 1. The van der Waals surface area contributed by atoms with Crippen LogP contribution in [0.3, 0.4) is 0 Å². The number of benzene rings is 1. The number of carbonyl (C=O) groups is 1. The molecule has 0 spiro atoms. The van der Waals surface area contributed by atoms with Crippen molar-refractivity contribution in [2.24, 2.45) is 5.92 Å². The summed E-state index contributed by atoms with van der Waals surface area (Å²) >= 11 is 6.18. The quantitative estimate of drug-likeness (QED) is 0.838. The number of aromatic carboxylic acids is 1. The van der Waals surface area contributed by atoms with Gasteiger partial charge in [-0.15, -0.1) is 0 Å². The predicted octanol–water partition coefficient (Wildman–Crippen LogP) is 3.23. The summed E-state index contributed by atoms with van der Waals surface area (Å²) in [4.78, 5) is 11.3. The number of carboxylic acids is 1. The first kappa shape index (κ1) is 12.8. The third-order valence-electron chi connectivity index (χ3n) is 2.73. The minimum Gasteiger partial charge on any atom is -0.477 e. The smallest absolute Gasteiger partial charge is 0.352 e. The van der Waals surface area contributed by atoms with Crippen molar-refractivity contribution in [3.05, 3.63) is 28.9 Å². The van der Waals surface area contributed by atoms with E-state index in [-0.39, 0.29) is 5.69 Å². The van der Waals surface area contributed by atoms with Crippen LogP contribution in [0.5, 0.6) is 0 Å². The van der Waals surface area contributed by atoms with Gasteiger partial charge in [-0.1, -0.05) is 25.4 Å². The summed E-state index contributed by atoms with van der Waals surface area (Å²) in [6, 6.07) is 5.00. The van der Waals surface area contributed by atoms with E-state index in [4.69, 9.17) is 17.3 Å². The maximum Gasteiger partial charge on any atom is 0.352 e. The normalized spacial score (nSPS) is 11.3. The zero-order valence-corrected chi connectivity index (χ0v) is 11.0. The number of fused-ring (bicyclic) bond motifs is 1. The Bertz CT molecular complexity index is 617. The van der Waals surface area contributed by atoms with E-state index in [9.17, 15) is 9.90 Å². The lowest BCUT2D eigenvalue weighted by Gasteiger charge is -2.12. The van der Waals surface area contributed by atoms with Crippen LogP contribution in [0.1, 0.15) is 24.3 Å². The molecule has 0 fully saturated rings. The van der Waals surface area contributed by atoms with Gasteiger partial charge in [0.2, 0.25) is 0 Å². The second-order valence-electron chi connectivity index (χ2n) is 4.78. The molecule has 5 heteroatoms. The maximum absolute atomic E-state index is 11.3. The summed E-state index contributed by atoms with van der Waals surface area (Å²) in [5.41, 5.74) is 7.23. The van der Waals surface area contributed by atoms with Gasteiger partial charge >= 0.3 is 5.97 Å². The van der Waals surface area contributed by atoms with Crippen LogP contribution in [0.15, 0.2) is 18.2 Å². The number of hydrogen-bond donors (Lipinski definition) is 2. The molecule has 1 heterocycles. The van der Waals surface area contributed by atoms with Crippen molar-refractivity contribution in [2.45, 2.75) is 20.4 Å². The lowest BCUT2D eigenvalue weighted by atomic mass is 10.2. The Morgan fingerprint density at radius 3 is 2.67 bits per heavy atom. The number of rotatable bonds is 3. The van der Waals surface area contributed by atoms with Crippen LogP contribution in [-0.2, 0) is 6.54 Å². The molecule has 0 bridgehead atoms. The predicted molar refractivity (Wildman–Crippen MR) is 73.2 cm³/mol. The van der Waals surface area contributed by atoms with E-state index < -0.39 is 5.97 Å². The number of nitrogens with two attached hydrogens (primary N) is 1. The average Bonchev–Trinajstić information content (AvgIpc) is 2.55. The SMILES string of the molecule is CC(C)Cn1c(C(=O)O)cc2cc(N)cc(Cl)c21. The van der Waals surface area contributed by atoms with Gasteiger partial charge in [0.25, 0.3) is 0 Å². The van der Waals surface area contributed by atoms with E-state index in [0.29, 0.717) is 23.2 Å². The molecule has 1 aromatic carbocycles. The Labute approximate surface area is 110 Å². The van der Waals surface area contributed by atoms with Crippen LogP contribution in [0.2, 0.25) is 5.02 Å². The summed E-state index contributed by atoms with van der Waals surface area (Å²) in [6.07, 6.45) is 0. The second kappa shape index (κ2) is 4.53. The highest BCUT2D eigenvalue weighted by atomic mass is 35.5. The molecule has 0 unspecified atom stereocenters. The zero-order chi connectivity index (χ0) is 13.4. The van der Waals surface area contributed by atoms with E-state index in [1.165, 1.54) is 0 Å². The van der Waals surface area contributed by atoms with Crippen LogP contribution in [0.25, 0.3) is 10.9 Å². The first-order chi connectivity index (χ1) is 8.40. The fourth-order valence-electron chi connectivity index (χ4n) is 2.11. The molecule has 4 nitrogen and oxygen atoms in total. The lowest BCUT2D eigenvalue weighted by Crippen LogP contribution is -2.12. The molecule has 0 radical (unpaired) electrons. The molecular formula is C13H15ClN2O2. The van der Waals surface area contributed by atoms with E-state index in [1.807, 2.05) is 13.8 Å². The highest BCUT2D eigenvalue weighted by molar-refractivity contribution is 6.35. The van der Waals surface area contributed by atoms with Crippen molar-refractivity contribution in [3.63, 3.8) is 0 Å². The molecule has 2 aromatic rings. The Morgan fingerprint density at radius 1 is 1.44 bits per heavy atom. The van der Waals surface area contributed by atoms with E-state index in [2.05, 4.69) is 0 Å². The van der Waals surface area contributed by atoms with Gasteiger partial charge in [0.05, 0.1) is 10.5 Å². The topological polar surface area (TPSA) is 68.2 Å². The molecule has 0 aliphatic heterocycles. The van der Waals surface area contributed by atoms with Crippen LogP contribution < -0.4 is 5.73 Å². The fourth-order valence-corrected chi connectivity index (χ4v) is 2.45. The van der Waals surface area contributed by atoms with Gasteiger partial charge in [0, 0.05) is 17.6 Å². The molecule has 2 rings (SSSR count). The van der Waals surface area contributed by atoms with Crippen molar-refractivity contribution < 1.29 is 9.90 Å². The highest BCUT2D eigenvalue weighted by Crippen LogP contribution is 2.30. The largest absolute Gasteiger partial charge is 0.477 e. The highest BCUT2D eigenvalue weighted by Gasteiger charge is 2.17. The number of carboxylic acid groups (broad SMARTS) is 1. The first-order valence-electron chi connectivity index (χ1n) is 5.71. The zero-order valence-electron chi connectivity index (χ0n) is 10.3. The number of nitrogen functional groups attached to an aromatic ring is 1. The summed E-state index contributed by atoms with van der Waals surface area (Å²) in [6.45, 7) is 4.67.